The summed E-state index contributed by atoms with van der Waals surface area (Å²) in [5.41, 5.74) is 6.14. The number of para-hydroxylation sites is 1. The molecule has 6 heterocycles. The van der Waals surface area contributed by atoms with Crippen LogP contribution in [0.25, 0.3) is 31.9 Å². The Morgan fingerprint density at radius 3 is 2.19 bits per heavy atom. The molecular formula is C53H57ClN8O12S. The van der Waals surface area contributed by atoms with Crippen molar-refractivity contribution in [1.29, 1.82) is 0 Å². The molecule has 6 aromatic rings. The van der Waals surface area contributed by atoms with Crippen LogP contribution in [0.15, 0.2) is 78.2 Å². The monoisotopic (exact) mass is 1060 g/mol. The molecule has 9 rings (SSSR count). The van der Waals surface area contributed by atoms with Crippen molar-refractivity contribution < 1.29 is 57.6 Å². The molecule has 394 valence electrons. The second kappa shape index (κ2) is 24.0. The van der Waals surface area contributed by atoms with Crippen molar-refractivity contribution in [2.75, 3.05) is 108 Å². The molecule has 3 aliphatic heterocycles. The van der Waals surface area contributed by atoms with E-state index in [9.17, 15) is 38.7 Å². The molecule has 0 aliphatic carbocycles. The first kappa shape index (κ1) is 52.7. The van der Waals surface area contributed by atoms with Gasteiger partial charge >= 0.3 is 6.09 Å². The van der Waals surface area contributed by atoms with E-state index < -0.39 is 23.9 Å². The van der Waals surface area contributed by atoms with Gasteiger partial charge in [-0.05, 0) is 71.5 Å². The Kier molecular flexibility index (Phi) is 16.9. The summed E-state index contributed by atoms with van der Waals surface area (Å²) in [7, 11) is 0. The maximum atomic E-state index is 14.6. The zero-order valence-corrected chi connectivity index (χ0v) is 42.8. The molecule has 2 atom stereocenters. The fourth-order valence-corrected chi connectivity index (χ4v) is 11.1. The van der Waals surface area contributed by atoms with E-state index in [1.54, 1.807) is 28.0 Å². The summed E-state index contributed by atoms with van der Waals surface area (Å²) < 4.78 is 23.2. The molecule has 7 amide bonds. The van der Waals surface area contributed by atoms with E-state index in [-0.39, 0.29) is 107 Å². The number of carbonyl (C=O) groups is 7. The Bertz CT molecular complexity index is 3120. The van der Waals surface area contributed by atoms with Crippen molar-refractivity contribution in [3.05, 3.63) is 106 Å². The molecule has 3 aliphatic rings. The number of nitrogens with zero attached hydrogens (tertiary/aromatic N) is 4. The topological polar surface area (TPSA) is 245 Å². The third-order valence-electron chi connectivity index (χ3n) is 13.4. The number of carbonyl (C=O) groups excluding carboxylic acids is 6. The van der Waals surface area contributed by atoms with E-state index in [2.05, 4.69) is 20.6 Å². The third kappa shape index (κ3) is 12.0. The summed E-state index contributed by atoms with van der Waals surface area (Å²) in [5, 5.41) is 20.8. The van der Waals surface area contributed by atoms with E-state index >= 15 is 0 Å². The number of ether oxygens (including phenoxy) is 4. The summed E-state index contributed by atoms with van der Waals surface area (Å²) in [6.45, 7) is 5.28. The predicted octanol–water partition coefficient (Wildman–Crippen LogP) is 6.16. The van der Waals surface area contributed by atoms with Gasteiger partial charge < -0.3 is 54.5 Å². The van der Waals surface area contributed by atoms with Crippen molar-refractivity contribution in [2.45, 2.75) is 31.7 Å². The second-order valence-corrected chi connectivity index (χ2v) is 19.5. The summed E-state index contributed by atoms with van der Waals surface area (Å²) in [4.78, 5) is 102. The SMILES string of the molecule is Cc1csc2c(C3CN(C(=O)CCOCCOCCOCCOCCNC(=O)CCN4C(=O)C=CC4=O)CCN3C(=O)O)cc3c(c12)[C@@H](CCl)CN3C(=O)c1cc2cc(NC(=O)c3cc4ccccc4[nH]3)ccc2[nH]1. The number of alkyl halides is 1. The van der Waals surface area contributed by atoms with E-state index in [1.807, 2.05) is 54.8 Å². The van der Waals surface area contributed by atoms with Crippen LogP contribution in [-0.2, 0) is 38.1 Å². The lowest BCUT2D eigenvalue weighted by Crippen LogP contribution is -2.52. The molecule has 0 bridgehead atoms. The van der Waals surface area contributed by atoms with Gasteiger partial charge in [-0.1, -0.05) is 18.2 Å². The number of fused-ring (bicyclic) bond motifs is 5. The van der Waals surface area contributed by atoms with Crippen LogP contribution in [-0.4, -0.2) is 169 Å². The first-order valence-electron chi connectivity index (χ1n) is 24.7. The number of piperazine rings is 1. The number of rotatable bonds is 23. The lowest BCUT2D eigenvalue weighted by atomic mass is 9.92. The molecule has 20 nitrogen and oxygen atoms in total. The Balaban J connectivity index is 0.752. The largest absolute Gasteiger partial charge is 0.465 e. The molecule has 1 saturated heterocycles. The van der Waals surface area contributed by atoms with Crippen LogP contribution < -0.4 is 15.5 Å². The summed E-state index contributed by atoms with van der Waals surface area (Å²) in [6.07, 6.45) is 1.34. The van der Waals surface area contributed by atoms with Gasteiger partial charge in [-0.15, -0.1) is 22.9 Å². The zero-order valence-electron chi connectivity index (χ0n) is 41.2. The zero-order chi connectivity index (χ0) is 52.6. The highest BCUT2D eigenvalue weighted by Crippen LogP contribution is 2.49. The number of halogens is 1. The van der Waals surface area contributed by atoms with E-state index in [0.717, 1.165) is 42.4 Å². The molecule has 0 radical (unpaired) electrons. The number of imide groups is 1. The van der Waals surface area contributed by atoms with Crippen LogP contribution in [0.2, 0.25) is 0 Å². The Hall–Kier alpha value is -7.14. The lowest BCUT2D eigenvalue weighted by Gasteiger charge is -2.40. The van der Waals surface area contributed by atoms with Crippen LogP contribution in [0, 0.1) is 6.92 Å². The highest BCUT2D eigenvalue weighted by atomic mass is 35.5. The van der Waals surface area contributed by atoms with Gasteiger partial charge in [0.1, 0.15) is 11.4 Å². The normalized spacial score (nSPS) is 16.5. The number of aryl methyl sites for hydroxylation is 1. The summed E-state index contributed by atoms with van der Waals surface area (Å²) in [5.74, 6) is -1.84. The minimum atomic E-state index is -1.11. The molecule has 22 heteroatoms. The van der Waals surface area contributed by atoms with Crippen molar-refractivity contribution in [2.24, 2.45) is 0 Å². The highest BCUT2D eigenvalue weighted by molar-refractivity contribution is 7.17. The quantitative estimate of drug-likeness (QED) is 0.0275. The van der Waals surface area contributed by atoms with Crippen molar-refractivity contribution in [3.63, 3.8) is 0 Å². The minimum absolute atomic E-state index is 0.0114. The highest BCUT2D eigenvalue weighted by Gasteiger charge is 2.40. The number of aromatic nitrogens is 2. The second-order valence-electron chi connectivity index (χ2n) is 18.3. The Labute approximate surface area is 439 Å². The fraction of sp³-hybridized carbons (Fsp3) is 0.377. The number of benzene rings is 3. The molecule has 1 fully saturated rings. The number of aromatic amines is 2. The molecule has 3 aromatic heterocycles. The van der Waals surface area contributed by atoms with Gasteiger partial charge in [0, 0.05) is 113 Å². The average Bonchev–Trinajstić information content (AvgIpc) is 4.26. The number of amides is 7. The number of nitrogens with one attached hydrogen (secondary N) is 4. The molecule has 75 heavy (non-hydrogen) atoms. The summed E-state index contributed by atoms with van der Waals surface area (Å²) in [6, 6.07) is 17.8. The number of thiophene rings is 1. The predicted molar refractivity (Wildman–Crippen MR) is 282 cm³/mol. The summed E-state index contributed by atoms with van der Waals surface area (Å²) >= 11 is 8.16. The van der Waals surface area contributed by atoms with Crippen molar-refractivity contribution >= 4 is 108 Å². The fourth-order valence-electron chi connectivity index (χ4n) is 9.69. The standard InChI is InChI=1S/C53H57ClN8O12S/c1-32-31-75-50-37(27-42-49(48(32)50)35(28-54)29-62(42)52(68)41-26-34-24-36(6-7-39(34)58-41)56-51(67)40-25-33-4-2-3-5-38(33)57-40)43-30-59(14-15-60(43)53(69)70)45(64)11-16-71-18-20-73-22-23-74-21-19-72-17-12-55-44(63)10-13-61-46(65)8-9-47(61)66/h2-9,24-27,31,35,43,57-58H,10-23,28-30H2,1H3,(H,55,63)(H,56,67)(H,69,70)/t35-,43?/m0/s1. The minimum Gasteiger partial charge on any atom is -0.465 e. The third-order valence-corrected chi connectivity index (χ3v) is 15.0. The average molecular weight is 1070 g/mol. The van der Waals surface area contributed by atoms with Gasteiger partial charge in [-0.3, -0.25) is 38.6 Å². The smallest absolute Gasteiger partial charge is 0.407 e. The van der Waals surface area contributed by atoms with Crippen molar-refractivity contribution in [3.8, 4) is 0 Å². The van der Waals surface area contributed by atoms with E-state index in [4.69, 9.17) is 30.5 Å². The first-order chi connectivity index (χ1) is 36.4. The lowest BCUT2D eigenvalue weighted by molar-refractivity contribution is -0.137. The molecular weight excluding hydrogens is 1010 g/mol. The molecule has 0 spiro atoms. The maximum absolute atomic E-state index is 14.6. The number of H-pyrrole nitrogens is 2. The van der Waals surface area contributed by atoms with Crippen LogP contribution in [0.5, 0.6) is 0 Å². The van der Waals surface area contributed by atoms with Crippen LogP contribution in [0.3, 0.4) is 0 Å². The number of carboxylic acid groups (broad SMARTS) is 1. The number of hydrogen-bond donors (Lipinski definition) is 5. The van der Waals surface area contributed by atoms with Crippen LogP contribution >= 0.6 is 22.9 Å². The van der Waals surface area contributed by atoms with Gasteiger partial charge in [-0.2, -0.15) is 0 Å². The Morgan fingerprint density at radius 2 is 1.47 bits per heavy atom. The molecule has 0 saturated carbocycles. The molecule has 5 N–H and O–H groups in total. The number of anilines is 2. The van der Waals surface area contributed by atoms with E-state index in [0.29, 0.717) is 66.8 Å². The van der Waals surface area contributed by atoms with Gasteiger partial charge in [0.15, 0.2) is 0 Å². The van der Waals surface area contributed by atoms with E-state index in [1.165, 1.54) is 28.4 Å². The van der Waals surface area contributed by atoms with Crippen LogP contribution in [0.1, 0.15) is 62.5 Å². The van der Waals surface area contributed by atoms with Gasteiger partial charge in [0.25, 0.3) is 23.6 Å². The van der Waals surface area contributed by atoms with Gasteiger partial charge in [-0.25, -0.2) is 4.79 Å². The van der Waals surface area contributed by atoms with Crippen molar-refractivity contribution in [1.82, 2.24) is 30.0 Å². The van der Waals surface area contributed by atoms with Crippen LogP contribution in [0.4, 0.5) is 16.2 Å². The molecule has 3 aromatic carbocycles. The first-order valence-corrected chi connectivity index (χ1v) is 26.1. The maximum Gasteiger partial charge on any atom is 0.407 e. The Morgan fingerprint density at radius 1 is 0.787 bits per heavy atom. The van der Waals surface area contributed by atoms with Gasteiger partial charge in [0.2, 0.25) is 11.8 Å². The van der Waals surface area contributed by atoms with Gasteiger partial charge in [0.05, 0.1) is 65.3 Å². The molecule has 1 unspecified atom stereocenters. The number of hydrogen-bond acceptors (Lipinski definition) is 12.